The van der Waals surface area contributed by atoms with Crippen LogP contribution in [0.1, 0.15) is 59.3 Å². The number of ether oxygens (including phenoxy) is 1. The van der Waals surface area contributed by atoms with Crippen LogP contribution in [0.5, 0.6) is 5.88 Å². The molecule has 0 unspecified atom stereocenters. The minimum absolute atomic E-state index is 0.0442. The lowest BCUT2D eigenvalue weighted by atomic mass is 10.1. The van der Waals surface area contributed by atoms with Gasteiger partial charge in [0.15, 0.2) is 0 Å². The standard InChI is InChI=1S/C26H35N3O4/c1-20(2)19-27-25(30)17-21(3)13-9-7-5-4-6-8-12-16-33-26-24(29(31)32)18-22-14-10-11-15-23(22)28-26/h9-11,13-15,17-18,20H,4-8,12,16,19H2,1-3H3,(H,27,30). The van der Waals surface area contributed by atoms with Crippen LogP contribution >= 0.6 is 0 Å². The fourth-order valence-electron chi connectivity index (χ4n) is 3.27. The highest BCUT2D eigenvalue weighted by molar-refractivity contribution is 5.88. The number of carbonyl (C=O) groups excluding carboxylic acids is 1. The van der Waals surface area contributed by atoms with E-state index in [4.69, 9.17) is 4.74 Å². The molecule has 0 aliphatic carbocycles. The molecule has 0 saturated heterocycles. The summed E-state index contributed by atoms with van der Waals surface area (Å²) in [5, 5.41) is 14.9. The molecule has 0 saturated carbocycles. The summed E-state index contributed by atoms with van der Waals surface area (Å²) in [6.45, 7) is 7.16. The first-order chi connectivity index (χ1) is 15.9. The Kier molecular flexibility index (Phi) is 11.1. The average Bonchev–Trinajstić information content (AvgIpc) is 2.78. The number of para-hydroxylation sites is 1. The van der Waals surface area contributed by atoms with Crippen molar-refractivity contribution in [3.05, 3.63) is 64.2 Å². The SMILES string of the molecule is CC(C=CCCCCCCCOc1nc2ccccc2cc1[N+](=O)[O-])=CC(=O)NCC(C)C. The second kappa shape index (κ2) is 14.0. The number of amides is 1. The second-order valence-electron chi connectivity index (χ2n) is 8.60. The molecule has 0 fully saturated rings. The normalized spacial score (nSPS) is 11.9. The predicted octanol–water partition coefficient (Wildman–Crippen LogP) is 6.14. The fourth-order valence-corrected chi connectivity index (χ4v) is 3.27. The van der Waals surface area contributed by atoms with Crippen molar-refractivity contribution in [2.45, 2.75) is 59.3 Å². The first-order valence-electron chi connectivity index (χ1n) is 11.7. The first-order valence-corrected chi connectivity index (χ1v) is 11.7. The van der Waals surface area contributed by atoms with Crippen molar-refractivity contribution in [1.29, 1.82) is 0 Å². The van der Waals surface area contributed by atoms with Crippen LogP contribution in [-0.4, -0.2) is 29.0 Å². The van der Waals surface area contributed by atoms with Crippen molar-refractivity contribution in [2.75, 3.05) is 13.2 Å². The molecule has 0 bridgehead atoms. The number of hydrogen-bond donors (Lipinski definition) is 1. The monoisotopic (exact) mass is 453 g/mol. The number of carbonyl (C=O) groups is 1. The van der Waals surface area contributed by atoms with E-state index in [0.29, 0.717) is 24.6 Å². The molecular weight excluding hydrogens is 418 g/mol. The van der Waals surface area contributed by atoms with Gasteiger partial charge in [0.1, 0.15) is 0 Å². The summed E-state index contributed by atoms with van der Waals surface area (Å²) in [4.78, 5) is 26.9. The number of allylic oxidation sites excluding steroid dienone is 3. The van der Waals surface area contributed by atoms with Gasteiger partial charge in [-0.25, -0.2) is 4.98 Å². The Balaban J connectivity index is 1.62. The third-order valence-electron chi connectivity index (χ3n) is 5.04. The molecule has 178 valence electrons. The first kappa shape index (κ1) is 26.0. The lowest BCUT2D eigenvalue weighted by Crippen LogP contribution is -2.25. The molecule has 7 heteroatoms. The molecule has 33 heavy (non-hydrogen) atoms. The van der Waals surface area contributed by atoms with Gasteiger partial charge in [-0.3, -0.25) is 14.9 Å². The van der Waals surface area contributed by atoms with E-state index in [1.165, 1.54) is 6.07 Å². The van der Waals surface area contributed by atoms with E-state index < -0.39 is 4.92 Å². The summed E-state index contributed by atoms with van der Waals surface area (Å²) in [5.41, 5.74) is 1.54. The summed E-state index contributed by atoms with van der Waals surface area (Å²) in [6, 6.07) is 8.81. The number of hydrogen-bond acceptors (Lipinski definition) is 5. The summed E-state index contributed by atoms with van der Waals surface area (Å²) >= 11 is 0. The maximum Gasteiger partial charge on any atom is 0.331 e. The lowest BCUT2D eigenvalue weighted by Gasteiger charge is -2.07. The van der Waals surface area contributed by atoms with Gasteiger partial charge in [-0.1, -0.05) is 63.5 Å². The van der Waals surface area contributed by atoms with Gasteiger partial charge in [0.2, 0.25) is 5.91 Å². The maximum absolute atomic E-state index is 11.7. The molecule has 0 aliphatic rings. The Morgan fingerprint density at radius 2 is 1.91 bits per heavy atom. The van der Waals surface area contributed by atoms with Gasteiger partial charge < -0.3 is 10.1 Å². The lowest BCUT2D eigenvalue weighted by molar-refractivity contribution is -0.386. The topological polar surface area (TPSA) is 94.4 Å². The van der Waals surface area contributed by atoms with Gasteiger partial charge in [-0.15, -0.1) is 0 Å². The smallest absolute Gasteiger partial charge is 0.331 e. The van der Waals surface area contributed by atoms with Crippen LogP contribution in [0.15, 0.2) is 54.1 Å². The van der Waals surface area contributed by atoms with E-state index in [1.807, 2.05) is 31.2 Å². The molecule has 1 aromatic heterocycles. The summed E-state index contributed by atoms with van der Waals surface area (Å²) in [7, 11) is 0. The zero-order valence-corrected chi connectivity index (χ0v) is 19.9. The zero-order chi connectivity index (χ0) is 24.1. The molecule has 1 aromatic carbocycles. The molecule has 0 radical (unpaired) electrons. The van der Waals surface area contributed by atoms with Crippen LogP contribution in [0, 0.1) is 16.0 Å². The number of nitro groups is 1. The number of rotatable bonds is 14. The van der Waals surface area contributed by atoms with E-state index in [2.05, 4.69) is 30.2 Å². The van der Waals surface area contributed by atoms with Gasteiger partial charge in [0, 0.05) is 24.1 Å². The average molecular weight is 454 g/mol. The van der Waals surface area contributed by atoms with E-state index in [1.54, 1.807) is 12.1 Å². The fraction of sp³-hybridized carbons (Fsp3) is 0.462. The highest BCUT2D eigenvalue weighted by Crippen LogP contribution is 2.29. The van der Waals surface area contributed by atoms with E-state index in [-0.39, 0.29) is 17.5 Å². The number of unbranched alkanes of at least 4 members (excludes halogenated alkanes) is 5. The number of pyridine rings is 1. The van der Waals surface area contributed by atoms with Crippen LogP contribution in [0.4, 0.5) is 5.69 Å². The van der Waals surface area contributed by atoms with Gasteiger partial charge in [-0.05, 0) is 43.7 Å². The highest BCUT2D eigenvalue weighted by Gasteiger charge is 2.18. The summed E-state index contributed by atoms with van der Waals surface area (Å²) in [6.07, 6.45) is 11.8. The van der Waals surface area contributed by atoms with Crippen LogP contribution in [0.25, 0.3) is 10.9 Å². The molecule has 2 rings (SSSR count). The number of fused-ring (bicyclic) bond motifs is 1. The molecule has 0 spiro atoms. The molecule has 1 amide bonds. The Bertz CT molecular complexity index is 983. The molecule has 1 heterocycles. The molecule has 2 aromatic rings. The maximum atomic E-state index is 11.7. The molecule has 0 aliphatic heterocycles. The van der Waals surface area contributed by atoms with E-state index in [9.17, 15) is 14.9 Å². The van der Waals surface area contributed by atoms with Crippen molar-refractivity contribution in [3.8, 4) is 5.88 Å². The minimum atomic E-state index is -0.447. The molecular formula is C26H35N3O4. The Labute approximate surface area is 196 Å². The van der Waals surface area contributed by atoms with Crippen molar-refractivity contribution < 1.29 is 14.5 Å². The quantitative estimate of drug-likeness (QED) is 0.122. The largest absolute Gasteiger partial charge is 0.473 e. The Morgan fingerprint density at radius 1 is 1.18 bits per heavy atom. The number of nitrogens with zero attached hydrogens (tertiary/aromatic N) is 2. The van der Waals surface area contributed by atoms with Gasteiger partial charge in [0.05, 0.1) is 17.0 Å². The third kappa shape index (κ3) is 9.85. The van der Waals surface area contributed by atoms with E-state index in [0.717, 1.165) is 49.5 Å². The zero-order valence-electron chi connectivity index (χ0n) is 19.9. The summed E-state index contributed by atoms with van der Waals surface area (Å²) in [5.74, 6) is 0.487. The van der Waals surface area contributed by atoms with Gasteiger partial charge in [0.25, 0.3) is 5.88 Å². The predicted molar refractivity (Wildman–Crippen MR) is 132 cm³/mol. The molecule has 0 atom stereocenters. The Morgan fingerprint density at radius 3 is 2.67 bits per heavy atom. The number of aromatic nitrogens is 1. The molecule has 1 N–H and O–H groups in total. The third-order valence-corrected chi connectivity index (χ3v) is 5.04. The highest BCUT2D eigenvalue weighted by atomic mass is 16.6. The molecule has 7 nitrogen and oxygen atoms in total. The number of nitrogens with one attached hydrogen (secondary N) is 1. The van der Waals surface area contributed by atoms with Crippen LogP contribution in [0.2, 0.25) is 0 Å². The number of benzene rings is 1. The van der Waals surface area contributed by atoms with Gasteiger partial charge >= 0.3 is 5.69 Å². The van der Waals surface area contributed by atoms with Crippen LogP contribution in [0.3, 0.4) is 0 Å². The van der Waals surface area contributed by atoms with Crippen LogP contribution < -0.4 is 10.1 Å². The van der Waals surface area contributed by atoms with Gasteiger partial charge in [-0.2, -0.15) is 0 Å². The van der Waals surface area contributed by atoms with Crippen molar-refractivity contribution >= 4 is 22.5 Å². The van der Waals surface area contributed by atoms with Crippen molar-refractivity contribution in [1.82, 2.24) is 10.3 Å². The Hall–Kier alpha value is -3.22. The van der Waals surface area contributed by atoms with Crippen molar-refractivity contribution in [2.24, 2.45) is 5.92 Å². The van der Waals surface area contributed by atoms with Crippen LogP contribution in [-0.2, 0) is 4.79 Å². The van der Waals surface area contributed by atoms with Crippen molar-refractivity contribution in [3.63, 3.8) is 0 Å². The second-order valence-corrected chi connectivity index (χ2v) is 8.60. The van der Waals surface area contributed by atoms with E-state index >= 15 is 0 Å². The minimum Gasteiger partial charge on any atom is -0.473 e. The summed E-state index contributed by atoms with van der Waals surface area (Å²) < 4.78 is 5.64.